The molecule has 0 saturated heterocycles. The summed E-state index contributed by atoms with van der Waals surface area (Å²) >= 11 is 13.5. The first-order valence-corrected chi connectivity index (χ1v) is 9.16. The lowest BCUT2D eigenvalue weighted by Gasteiger charge is -2.04. The van der Waals surface area contributed by atoms with Gasteiger partial charge in [-0.2, -0.15) is 5.26 Å². The molecule has 0 radical (unpaired) electrons. The van der Waals surface area contributed by atoms with Crippen LogP contribution >= 0.6 is 34.5 Å². The van der Waals surface area contributed by atoms with Crippen molar-refractivity contribution in [3.8, 4) is 23.1 Å². The van der Waals surface area contributed by atoms with Crippen LogP contribution in [0.5, 0.6) is 5.75 Å². The Hall–Kier alpha value is -2.52. The zero-order valence-electron chi connectivity index (χ0n) is 13.7. The fourth-order valence-corrected chi connectivity index (χ4v) is 3.35. The Morgan fingerprint density at radius 2 is 2.12 bits per heavy atom. The number of rotatable bonds is 5. The summed E-state index contributed by atoms with van der Waals surface area (Å²) in [6.45, 7) is 0. The second-order valence-electron chi connectivity index (χ2n) is 5.21. The van der Waals surface area contributed by atoms with E-state index in [1.807, 2.05) is 29.6 Å². The first-order chi connectivity index (χ1) is 12.6. The van der Waals surface area contributed by atoms with Gasteiger partial charge in [0, 0.05) is 22.2 Å². The average molecular weight is 402 g/mol. The van der Waals surface area contributed by atoms with E-state index in [4.69, 9.17) is 27.9 Å². The first-order valence-electron chi connectivity index (χ1n) is 7.53. The highest BCUT2D eigenvalue weighted by atomic mass is 35.5. The number of nitrogens with zero attached hydrogens (tertiary/aromatic N) is 2. The van der Waals surface area contributed by atoms with E-state index in [0.29, 0.717) is 26.3 Å². The van der Waals surface area contributed by atoms with Crippen molar-refractivity contribution in [3.05, 3.63) is 69.1 Å². The number of benzene rings is 2. The minimum atomic E-state index is 0.403. The van der Waals surface area contributed by atoms with Crippen molar-refractivity contribution in [1.82, 2.24) is 4.98 Å². The molecule has 7 heteroatoms. The maximum absolute atomic E-state index is 9.47. The lowest BCUT2D eigenvalue weighted by Crippen LogP contribution is -1.92. The number of nitriles is 1. The summed E-state index contributed by atoms with van der Waals surface area (Å²) in [4.78, 5) is 4.55. The Morgan fingerprint density at radius 1 is 1.27 bits per heavy atom. The highest BCUT2D eigenvalue weighted by Gasteiger charge is 2.10. The van der Waals surface area contributed by atoms with Gasteiger partial charge in [-0.25, -0.2) is 4.98 Å². The van der Waals surface area contributed by atoms with Gasteiger partial charge in [0.15, 0.2) is 0 Å². The number of nitrogens with one attached hydrogen (secondary N) is 1. The number of methoxy groups -OCH3 is 1. The van der Waals surface area contributed by atoms with Crippen LogP contribution in [0.15, 0.2) is 54.0 Å². The van der Waals surface area contributed by atoms with Crippen LogP contribution in [0.2, 0.25) is 10.0 Å². The van der Waals surface area contributed by atoms with Gasteiger partial charge in [0.05, 0.1) is 23.5 Å². The smallest absolute Gasteiger partial charge is 0.136 e. The lowest BCUT2D eigenvalue weighted by atomic mass is 10.1. The third kappa shape index (κ3) is 4.17. The van der Waals surface area contributed by atoms with E-state index in [-0.39, 0.29) is 0 Å². The predicted octanol–water partition coefficient (Wildman–Crippen LogP) is 6.10. The Labute approximate surface area is 165 Å². The van der Waals surface area contributed by atoms with Gasteiger partial charge in [-0.3, -0.25) is 0 Å². The van der Waals surface area contributed by atoms with Crippen LogP contribution in [0, 0.1) is 11.3 Å². The van der Waals surface area contributed by atoms with Gasteiger partial charge in [-0.1, -0.05) is 35.3 Å². The molecule has 26 heavy (non-hydrogen) atoms. The van der Waals surface area contributed by atoms with Gasteiger partial charge in [-0.15, -0.1) is 11.3 Å². The Morgan fingerprint density at radius 3 is 2.88 bits per heavy atom. The highest BCUT2D eigenvalue weighted by molar-refractivity contribution is 7.11. The number of allylic oxidation sites excluding steroid dienone is 1. The third-order valence-corrected chi connectivity index (χ3v) is 4.96. The molecule has 0 amide bonds. The first kappa shape index (κ1) is 18.3. The quantitative estimate of drug-likeness (QED) is 0.524. The van der Waals surface area contributed by atoms with E-state index >= 15 is 0 Å². The molecule has 2 aromatic carbocycles. The number of thiazole rings is 1. The van der Waals surface area contributed by atoms with Crippen LogP contribution in [0.1, 0.15) is 5.01 Å². The molecule has 0 atom stereocenters. The van der Waals surface area contributed by atoms with Crippen molar-refractivity contribution < 1.29 is 4.74 Å². The van der Waals surface area contributed by atoms with Crippen LogP contribution in [-0.2, 0) is 0 Å². The molecule has 0 fully saturated rings. The van der Waals surface area contributed by atoms with E-state index in [2.05, 4.69) is 16.4 Å². The van der Waals surface area contributed by atoms with Crippen molar-refractivity contribution in [3.63, 3.8) is 0 Å². The molecule has 0 aliphatic heterocycles. The topological polar surface area (TPSA) is 57.9 Å². The summed E-state index contributed by atoms with van der Waals surface area (Å²) in [6.07, 6.45) is 1.58. The van der Waals surface area contributed by atoms with Gasteiger partial charge in [0.25, 0.3) is 0 Å². The molecular weight excluding hydrogens is 389 g/mol. The zero-order valence-corrected chi connectivity index (χ0v) is 16.0. The third-order valence-electron chi connectivity index (χ3n) is 3.52. The number of anilines is 1. The minimum Gasteiger partial charge on any atom is -0.497 e. The molecule has 0 spiro atoms. The molecule has 0 aliphatic carbocycles. The van der Waals surface area contributed by atoms with Crippen molar-refractivity contribution in [2.75, 3.05) is 12.4 Å². The fourth-order valence-electron chi connectivity index (χ4n) is 2.21. The molecule has 4 nitrogen and oxygen atoms in total. The standard InChI is InChI=1S/C19H13Cl2N3OS/c1-25-15-4-2-3-12(7-15)18-11-26-19(24-18)13(9-22)10-23-17-8-14(20)5-6-16(17)21/h2-8,10-11,23H,1H3/b13-10-. The van der Waals surface area contributed by atoms with Gasteiger partial charge >= 0.3 is 0 Å². The molecular formula is C19H13Cl2N3OS. The summed E-state index contributed by atoms with van der Waals surface area (Å²) in [5, 5.41) is 16.1. The Balaban J connectivity index is 1.86. The number of hydrogen-bond donors (Lipinski definition) is 1. The molecule has 3 aromatic rings. The SMILES string of the molecule is COc1cccc(-c2csc(/C(C#N)=C\Nc3cc(Cl)ccc3Cl)n2)c1. The second-order valence-corrected chi connectivity index (χ2v) is 6.91. The number of hydrogen-bond acceptors (Lipinski definition) is 5. The van der Waals surface area contributed by atoms with Gasteiger partial charge in [0.2, 0.25) is 0 Å². The van der Waals surface area contributed by atoms with Crippen LogP contribution < -0.4 is 10.1 Å². The maximum Gasteiger partial charge on any atom is 0.136 e. The fraction of sp³-hybridized carbons (Fsp3) is 0.0526. The molecule has 3 rings (SSSR count). The molecule has 1 N–H and O–H groups in total. The normalized spacial score (nSPS) is 11.1. The average Bonchev–Trinajstić information content (AvgIpc) is 3.15. The van der Waals surface area contributed by atoms with Crippen molar-refractivity contribution in [1.29, 1.82) is 5.26 Å². The second kappa shape index (κ2) is 8.24. The van der Waals surface area contributed by atoms with Gasteiger partial charge in [0.1, 0.15) is 22.4 Å². The summed E-state index contributed by atoms with van der Waals surface area (Å²) in [5.41, 5.74) is 2.73. The van der Waals surface area contributed by atoms with Crippen LogP contribution in [0.25, 0.3) is 16.8 Å². The van der Waals surface area contributed by atoms with Gasteiger partial charge < -0.3 is 10.1 Å². The van der Waals surface area contributed by atoms with Gasteiger partial charge in [-0.05, 0) is 30.3 Å². The molecule has 0 unspecified atom stereocenters. The highest BCUT2D eigenvalue weighted by Crippen LogP contribution is 2.29. The predicted molar refractivity (Wildman–Crippen MR) is 108 cm³/mol. The van der Waals surface area contributed by atoms with E-state index in [1.165, 1.54) is 11.3 Å². The van der Waals surface area contributed by atoms with Crippen molar-refractivity contribution in [2.24, 2.45) is 0 Å². The summed E-state index contributed by atoms with van der Waals surface area (Å²) in [6, 6.07) is 14.9. The zero-order chi connectivity index (χ0) is 18.5. The van der Waals surface area contributed by atoms with E-state index in [1.54, 1.807) is 31.5 Å². The van der Waals surface area contributed by atoms with E-state index in [9.17, 15) is 5.26 Å². The minimum absolute atomic E-state index is 0.403. The summed E-state index contributed by atoms with van der Waals surface area (Å²) in [5.74, 6) is 0.755. The Bertz CT molecular complexity index is 1010. The lowest BCUT2D eigenvalue weighted by molar-refractivity contribution is 0.415. The molecule has 0 bridgehead atoms. The number of halogens is 2. The Kier molecular flexibility index (Phi) is 5.79. The molecule has 0 saturated carbocycles. The monoisotopic (exact) mass is 401 g/mol. The maximum atomic E-state index is 9.47. The van der Waals surface area contributed by atoms with Crippen molar-refractivity contribution >= 4 is 45.8 Å². The largest absolute Gasteiger partial charge is 0.497 e. The summed E-state index contributed by atoms with van der Waals surface area (Å²) < 4.78 is 5.24. The van der Waals surface area contributed by atoms with Crippen LogP contribution in [0.4, 0.5) is 5.69 Å². The van der Waals surface area contributed by atoms with Crippen molar-refractivity contribution in [2.45, 2.75) is 0 Å². The number of aromatic nitrogens is 1. The summed E-state index contributed by atoms with van der Waals surface area (Å²) in [7, 11) is 1.62. The molecule has 1 aromatic heterocycles. The van der Waals surface area contributed by atoms with E-state index < -0.39 is 0 Å². The molecule has 1 heterocycles. The number of ether oxygens (including phenoxy) is 1. The molecule has 130 valence electrons. The van der Waals surface area contributed by atoms with Crippen LogP contribution in [0.3, 0.4) is 0 Å². The van der Waals surface area contributed by atoms with Crippen LogP contribution in [-0.4, -0.2) is 12.1 Å². The molecule has 0 aliphatic rings. The van der Waals surface area contributed by atoms with E-state index in [0.717, 1.165) is 17.0 Å².